The van der Waals surface area contributed by atoms with E-state index in [0.29, 0.717) is 30.4 Å². The molecule has 1 aromatic rings. The molecule has 25 heavy (non-hydrogen) atoms. The quantitative estimate of drug-likeness (QED) is 0.872. The maximum atomic E-state index is 12.6. The third kappa shape index (κ3) is 5.55. The minimum absolute atomic E-state index is 0.107. The molecule has 0 bridgehead atoms. The van der Waals surface area contributed by atoms with E-state index in [9.17, 15) is 9.59 Å². The van der Waals surface area contributed by atoms with Crippen LogP contribution in [0.2, 0.25) is 0 Å². The summed E-state index contributed by atoms with van der Waals surface area (Å²) in [5.74, 6) is 0.809. The molecule has 138 valence electrons. The Balaban J connectivity index is 2.04. The number of hydrogen-bond acceptors (Lipinski definition) is 5. The standard InChI is InChI=1S/C18H26N2O5/c1-11(2)15(20-17(22)25-18(3,4)5)16(21)19-12-6-7-13-14(10-12)24-9-8-23-13/h6-7,10-11,15H,8-9H2,1-5H3,(H,19,21)(H,20,22)/t15-/m0/s1. The predicted molar refractivity (Wildman–Crippen MR) is 94.1 cm³/mol. The van der Waals surface area contributed by atoms with Gasteiger partial charge in [0, 0.05) is 11.8 Å². The molecule has 1 aliphatic rings. The topological polar surface area (TPSA) is 85.9 Å². The van der Waals surface area contributed by atoms with Gasteiger partial charge in [-0.1, -0.05) is 13.8 Å². The summed E-state index contributed by atoms with van der Waals surface area (Å²) in [6.07, 6.45) is -0.622. The van der Waals surface area contributed by atoms with Crippen LogP contribution < -0.4 is 20.1 Å². The number of rotatable bonds is 4. The van der Waals surface area contributed by atoms with Gasteiger partial charge in [0.25, 0.3) is 0 Å². The third-order valence-corrected chi connectivity index (χ3v) is 3.43. The van der Waals surface area contributed by atoms with E-state index in [1.165, 1.54) is 0 Å². The molecule has 0 aliphatic carbocycles. The van der Waals surface area contributed by atoms with E-state index in [-0.39, 0.29) is 11.8 Å². The van der Waals surface area contributed by atoms with Gasteiger partial charge < -0.3 is 24.8 Å². The lowest BCUT2D eigenvalue weighted by Crippen LogP contribution is -2.48. The average molecular weight is 350 g/mol. The summed E-state index contributed by atoms with van der Waals surface area (Å²) >= 11 is 0. The number of anilines is 1. The predicted octanol–water partition coefficient (Wildman–Crippen LogP) is 2.95. The number of fused-ring (bicyclic) bond motifs is 1. The summed E-state index contributed by atoms with van der Waals surface area (Å²) in [6, 6.07) is 4.46. The molecule has 0 spiro atoms. The maximum absolute atomic E-state index is 12.6. The van der Waals surface area contributed by atoms with Crippen LogP contribution in [0, 0.1) is 5.92 Å². The lowest BCUT2D eigenvalue weighted by atomic mass is 10.0. The van der Waals surface area contributed by atoms with E-state index in [1.807, 2.05) is 13.8 Å². The van der Waals surface area contributed by atoms with Gasteiger partial charge in [-0.25, -0.2) is 4.79 Å². The van der Waals surface area contributed by atoms with Crippen LogP contribution in [-0.4, -0.2) is 36.9 Å². The maximum Gasteiger partial charge on any atom is 0.408 e. The van der Waals surface area contributed by atoms with Gasteiger partial charge in [-0.2, -0.15) is 0 Å². The van der Waals surface area contributed by atoms with Gasteiger partial charge in [0.15, 0.2) is 11.5 Å². The van der Waals surface area contributed by atoms with Crippen molar-refractivity contribution in [2.75, 3.05) is 18.5 Å². The van der Waals surface area contributed by atoms with Crippen molar-refractivity contribution in [2.24, 2.45) is 5.92 Å². The minimum Gasteiger partial charge on any atom is -0.486 e. The fourth-order valence-corrected chi connectivity index (χ4v) is 2.31. The second-order valence-corrected chi connectivity index (χ2v) is 7.22. The zero-order chi connectivity index (χ0) is 18.6. The van der Waals surface area contributed by atoms with Crippen LogP contribution >= 0.6 is 0 Å². The molecule has 2 amide bonds. The van der Waals surface area contributed by atoms with Gasteiger partial charge in [0.05, 0.1) is 0 Å². The molecule has 0 aromatic heterocycles. The van der Waals surface area contributed by atoms with Gasteiger partial charge in [-0.05, 0) is 38.8 Å². The highest BCUT2D eigenvalue weighted by Crippen LogP contribution is 2.32. The van der Waals surface area contributed by atoms with Gasteiger partial charge in [-0.3, -0.25) is 4.79 Å². The second kappa shape index (κ2) is 7.63. The molecule has 1 aromatic carbocycles. The van der Waals surface area contributed by atoms with Crippen LogP contribution in [0.25, 0.3) is 0 Å². The minimum atomic E-state index is -0.719. The molecule has 2 N–H and O–H groups in total. The molecule has 7 nitrogen and oxygen atoms in total. The first-order valence-corrected chi connectivity index (χ1v) is 8.36. The van der Waals surface area contributed by atoms with Crippen LogP contribution in [-0.2, 0) is 9.53 Å². The van der Waals surface area contributed by atoms with Crippen LogP contribution in [0.15, 0.2) is 18.2 Å². The number of hydrogen-bond donors (Lipinski definition) is 2. The van der Waals surface area contributed by atoms with Crippen molar-refractivity contribution in [3.8, 4) is 11.5 Å². The van der Waals surface area contributed by atoms with E-state index >= 15 is 0 Å². The summed E-state index contributed by atoms with van der Waals surface area (Å²) in [5, 5.41) is 5.42. The summed E-state index contributed by atoms with van der Waals surface area (Å²) in [6.45, 7) is 9.99. The molecular weight excluding hydrogens is 324 g/mol. The summed E-state index contributed by atoms with van der Waals surface area (Å²) in [4.78, 5) is 24.5. The largest absolute Gasteiger partial charge is 0.486 e. The summed E-state index contributed by atoms with van der Waals surface area (Å²) in [7, 11) is 0. The molecule has 1 atom stereocenters. The van der Waals surface area contributed by atoms with Crippen molar-refractivity contribution in [3.05, 3.63) is 18.2 Å². The number of alkyl carbamates (subject to hydrolysis) is 1. The van der Waals surface area contributed by atoms with Crippen LogP contribution in [0.3, 0.4) is 0 Å². The smallest absolute Gasteiger partial charge is 0.408 e. The summed E-state index contributed by atoms with van der Waals surface area (Å²) in [5.41, 5.74) is -0.0522. The number of amides is 2. The Bertz CT molecular complexity index is 637. The Morgan fingerprint density at radius 1 is 1.12 bits per heavy atom. The zero-order valence-electron chi connectivity index (χ0n) is 15.3. The van der Waals surface area contributed by atoms with Gasteiger partial charge in [-0.15, -0.1) is 0 Å². The Labute approximate surface area is 148 Å². The fourth-order valence-electron chi connectivity index (χ4n) is 2.31. The van der Waals surface area contributed by atoms with Crippen molar-refractivity contribution in [1.82, 2.24) is 5.32 Å². The van der Waals surface area contributed by atoms with Crippen molar-refractivity contribution in [2.45, 2.75) is 46.3 Å². The number of nitrogens with one attached hydrogen (secondary N) is 2. The van der Waals surface area contributed by atoms with Gasteiger partial charge in [0.2, 0.25) is 5.91 Å². The zero-order valence-corrected chi connectivity index (χ0v) is 15.3. The normalized spacial score (nSPS) is 14.6. The molecular formula is C18H26N2O5. The van der Waals surface area contributed by atoms with E-state index in [0.717, 1.165) is 0 Å². The highest BCUT2D eigenvalue weighted by Gasteiger charge is 2.27. The lowest BCUT2D eigenvalue weighted by Gasteiger charge is -2.25. The molecule has 0 saturated carbocycles. The number of ether oxygens (including phenoxy) is 3. The molecule has 2 rings (SSSR count). The molecule has 1 aliphatic heterocycles. The average Bonchev–Trinajstić information content (AvgIpc) is 2.50. The first kappa shape index (κ1) is 18.9. The van der Waals surface area contributed by atoms with Gasteiger partial charge >= 0.3 is 6.09 Å². The van der Waals surface area contributed by atoms with E-state index < -0.39 is 17.7 Å². The van der Waals surface area contributed by atoms with Crippen molar-refractivity contribution < 1.29 is 23.8 Å². The lowest BCUT2D eigenvalue weighted by molar-refractivity contribution is -0.119. The Kier molecular flexibility index (Phi) is 5.77. The number of carbonyl (C=O) groups excluding carboxylic acids is 2. The van der Waals surface area contributed by atoms with Gasteiger partial charge in [0.1, 0.15) is 24.9 Å². The third-order valence-electron chi connectivity index (χ3n) is 3.43. The molecule has 0 radical (unpaired) electrons. The van der Waals surface area contributed by atoms with Crippen LogP contribution in [0.4, 0.5) is 10.5 Å². The van der Waals surface area contributed by atoms with Crippen molar-refractivity contribution in [1.29, 1.82) is 0 Å². The highest BCUT2D eigenvalue weighted by molar-refractivity contribution is 5.97. The van der Waals surface area contributed by atoms with E-state index in [4.69, 9.17) is 14.2 Å². The number of benzene rings is 1. The Morgan fingerprint density at radius 3 is 2.36 bits per heavy atom. The molecule has 7 heteroatoms. The SMILES string of the molecule is CC(C)[C@H](NC(=O)OC(C)(C)C)C(=O)Nc1ccc2c(c1)OCCO2. The highest BCUT2D eigenvalue weighted by atomic mass is 16.6. The van der Waals surface area contributed by atoms with Crippen LogP contribution in [0.5, 0.6) is 11.5 Å². The van der Waals surface area contributed by atoms with E-state index in [2.05, 4.69) is 10.6 Å². The monoisotopic (exact) mass is 350 g/mol. The molecule has 1 heterocycles. The molecule has 0 fully saturated rings. The van der Waals surface area contributed by atoms with E-state index in [1.54, 1.807) is 39.0 Å². The number of carbonyl (C=O) groups is 2. The second-order valence-electron chi connectivity index (χ2n) is 7.22. The van der Waals surface area contributed by atoms with Crippen molar-refractivity contribution >= 4 is 17.7 Å². The van der Waals surface area contributed by atoms with Crippen molar-refractivity contribution in [3.63, 3.8) is 0 Å². The summed E-state index contributed by atoms with van der Waals surface area (Å²) < 4.78 is 16.2. The molecule has 0 unspecified atom stereocenters. The Hall–Kier alpha value is -2.44. The molecule has 0 saturated heterocycles. The van der Waals surface area contributed by atoms with Crippen LogP contribution in [0.1, 0.15) is 34.6 Å². The first-order valence-electron chi connectivity index (χ1n) is 8.36. The first-order chi connectivity index (χ1) is 11.7. The Morgan fingerprint density at radius 2 is 1.76 bits per heavy atom. The fraction of sp³-hybridized carbons (Fsp3) is 0.556.